The standard InChI is InChI=1S/C29H27ClO3/c1-29(2,3)26-17-23(28(31)32)16-22(15-19-11-13-24(30)14-12-19)27(26)33-18-21-9-6-8-20-7-4-5-10-25(20)21/h4-14,16-17H,15,18H2,1-3H3,(H,31,32). The second kappa shape index (κ2) is 9.29. The average molecular weight is 459 g/mol. The Morgan fingerprint density at radius 2 is 1.61 bits per heavy atom. The molecule has 0 amide bonds. The molecule has 0 aromatic heterocycles. The summed E-state index contributed by atoms with van der Waals surface area (Å²) in [5.41, 5.74) is 3.83. The molecular weight excluding hydrogens is 432 g/mol. The van der Waals surface area contributed by atoms with Crippen molar-refractivity contribution in [3.8, 4) is 5.75 Å². The minimum Gasteiger partial charge on any atom is -0.488 e. The Labute approximate surface area is 199 Å². The maximum absolute atomic E-state index is 11.9. The van der Waals surface area contributed by atoms with Crippen LogP contribution >= 0.6 is 11.6 Å². The number of benzene rings is 4. The van der Waals surface area contributed by atoms with Crippen LogP contribution < -0.4 is 4.74 Å². The molecule has 0 fully saturated rings. The lowest BCUT2D eigenvalue weighted by molar-refractivity contribution is 0.0696. The van der Waals surface area contributed by atoms with Crippen molar-refractivity contribution in [1.82, 2.24) is 0 Å². The molecule has 3 nitrogen and oxygen atoms in total. The second-order valence-electron chi connectivity index (χ2n) is 9.30. The molecule has 33 heavy (non-hydrogen) atoms. The predicted octanol–water partition coefficient (Wildman–Crippen LogP) is 7.66. The van der Waals surface area contributed by atoms with Crippen LogP contribution in [0, 0.1) is 0 Å². The largest absolute Gasteiger partial charge is 0.488 e. The third-order valence-electron chi connectivity index (χ3n) is 5.78. The summed E-state index contributed by atoms with van der Waals surface area (Å²) in [5, 5.41) is 12.7. The van der Waals surface area contributed by atoms with Gasteiger partial charge in [0.15, 0.2) is 0 Å². The number of carboxylic acids is 1. The maximum Gasteiger partial charge on any atom is 0.335 e. The maximum atomic E-state index is 11.9. The zero-order chi connectivity index (χ0) is 23.6. The SMILES string of the molecule is CC(C)(C)c1cc(C(=O)O)cc(Cc2ccc(Cl)cc2)c1OCc1cccc2ccccc12. The van der Waals surface area contributed by atoms with Gasteiger partial charge in [-0.2, -0.15) is 0 Å². The van der Waals surface area contributed by atoms with Gasteiger partial charge in [0.1, 0.15) is 12.4 Å². The van der Waals surface area contributed by atoms with Gasteiger partial charge >= 0.3 is 5.97 Å². The first kappa shape index (κ1) is 22.9. The molecule has 0 spiro atoms. The van der Waals surface area contributed by atoms with E-state index in [2.05, 4.69) is 45.0 Å². The van der Waals surface area contributed by atoms with Gasteiger partial charge in [-0.1, -0.05) is 87.0 Å². The van der Waals surface area contributed by atoms with E-state index in [0.29, 0.717) is 18.1 Å². The summed E-state index contributed by atoms with van der Waals surface area (Å²) < 4.78 is 6.50. The van der Waals surface area contributed by atoms with Gasteiger partial charge in [0.25, 0.3) is 0 Å². The van der Waals surface area contributed by atoms with Crippen molar-refractivity contribution in [1.29, 1.82) is 0 Å². The van der Waals surface area contributed by atoms with E-state index in [1.807, 2.05) is 42.5 Å². The number of rotatable bonds is 6. The molecule has 0 radical (unpaired) electrons. The quantitative estimate of drug-likeness (QED) is 0.322. The van der Waals surface area contributed by atoms with Crippen LogP contribution in [0.3, 0.4) is 0 Å². The van der Waals surface area contributed by atoms with Crippen LogP contribution in [0.4, 0.5) is 0 Å². The number of halogens is 1. The first-order valence-corrected chi connectivity index (χ1v) is 11.3. The first-order valence-electron chi connectivity index (χ1n) is 11.0. The minimum absolute atomic E-state index is 0.265. The monoisotopic (exact) mass is 458 g/mol. The fraction of sp³-hybridized carbons (Fsp3) is 0.207. The highest BCUT2D eigenvalue weighted by Gasteiger charge is 2.25. The zero-order valence-corrected chi connectivity index (χ0v) is 19.8. The first-order chi connectivity index (χ1) is 15.7. The molecule has 0 atom stereocenters. The van der Waals surface area contributed by atoms with Gasteiger partial charge < -0.3 is 9.84 Å². The molecule has 0 saturated carbocycles. The van der Waals surface area contributed by atoms with Gasteiger partial charge in [0, 0.05) is 17.0 Å². The van der Waals surface area contributed by atoms with Gasteiger partial charge in [0.2, 0.25) is 0 Å². The number of carbonyl (C=O) groups is 1. The summed E-state index contributed by atoms with van der Waals surface area (Å²) in [6.45, 7) is 6.62. The van der Waals surface area contributed by atoms with Crippen molar-refractivity contribution in [3.63, 3.8) is 0 Å². The van der Waals surface area contributed by atoms with E-state index in [0.717, 1.165) is 38.8 Å². The van der Waals surface area contributed by atoms with Gasteiger partial charge in [0.05, 0.1) is 5.56 Å². The van der Waals surface area contributed by atoms with Crippen molar-refractivity contribution in [3.05, 3.63) is 112 Å². The Bertz CT molecular complexity index is 1300. The Kier molecular flexibility index (Phi) is 6.44. The summed E-state index contributed by atoms with van der Waals surface area (Å²) in [5.74, 6) is -0.200. The topological polar surface area (TPSA) is 46.5 Å². The van der Waals surface area contributed by atoms with E-state index in [-0.39, 0.29) is 11.0 Å². The molecule has 4 aromatic carbocycles. The van der Waals surface area contributed by atoms with Gasteiger partial charge in [-0.25, -0.2) is 4.79 Å². The summed E-state index contributed by atoms with van der Waals surface area (Å²) in [6, 6.07) is 25.5. The van der Waals surface area contributed by atoms with Crippen molar-refractivity contribution in [2.75, 3.05) is 0 Å². The highest BCUT2D eigenvalue weighted by molar-refractivity contribution is 6.30. The minimum atomic E-state index is -0.946. The van der Waals surface area contributed by atoms with Crippen LogP contribution in [0.1, 0.15) is 53.4 Å². The van der Waals surface area contributed by atoms with E-state index in [1.54, 1.807) is 12.1 Å². The zero-order valence-electron chi connectivity index (χ0n) is 19.1. The van der Waals surface area contributed by atoms with Crippen LogP contribution in [-0.2, 0) is 18.4 Å². The van der Waals surface area contributed by atoms with Crippen molar-refractivity contribution >= 4 is 28.3 Å². The molecule has 0 unspecified atom stereocenters. The number of fused-ring (bicyclic) bond motifs is 1. The number of hydrogen-bond acceptors (Lipinski definition) is 2. The summed E-state index contributed by atoms with van der Waals surface area (Å²) in [4.78, 5) is 11.9. The van der Waals surface area contributed by atoms with Crippen LogP contribution in [0.15, 0.2) is 78.9 Å². The predicted molar refractivity (Wildman–Crippen MR) is 135 cm³/mol. The van der Waals surface area contributed by atoms with E-state index in [9.17, 15) is 9.90 Å². The van der Waals surface area contributed by atoms with Gasteiger partial charge in [-0.15, -0.1) is 0 Å². The summed E-state index contributed by atoms with van der Waals surface area (Å²) >= 11 is 6.06. The highest BCUT2D eigenvalue weighted by Crippen LogP contribution is 2.37. The van der Waals surface area contributed by atoms with Crippen molar-refractivity contribution in [2.24, 2.45) is 0 Å². The molecule has 168 valence electrons. The lowest BCUT2D eigenvalue weighted by Gasteiger charge is -2.26. The third kappa shape index (κ3) is 5.20. The molecule has 0 heterocycles. The van der Waals surface area contributed by atoms with Crippen molar-refractivity contribution in [2.45, 2.75) is 39.2 Å². The van der Waals surface area contributed by atoms with Gasteiger partial charge in [-0.05, 0) is 57.1 Å². The average Bonchev–Trinajstić information content (AvgIpc) is 2.78. The Balaban J connectivity index is 1.79. The molecule has 0 aliphatic rings. The lowest BCUT2D eigenvalue weighted by atomic mass is 9.83. The molecule has 0 aliphatic carbocycles. The number of ether oxygens (including phenoxy) is 1. The number of aromatic carboxylic acids is 1. The van der Waals surface area contributed by atoms with E-state index in [4.69, 9.17) is 16.3 Å². The third-order valence-corrected chi connectivity index (χ3v) is 6.03. The second-order valence-corrected chi connectivity index (χ2v) is 9.73. The Morgan fingerprint density at radius 1 is 0.909 bits per heavy atom. The molecule has 0 aliphatic heterocycles. The molecule has 4 aromatic rings. The lowest BCUT2D eigenvalue weighted by Crippen LogP contribution is -2.17. The van der Waals surface area contributed by atoms with E-state index >= 15 is 0 Å². The molecule has 4 heteroatoms. The van der Waals surface area contributed by atoms with Gasteiger partial charge in [-0.3, -0.25) is 0 Å². The van der Waals surface area contributed by atoms with E-state index in [1.165, 1.54) is 0 Å². The van der Waals surface area contributed by atoms with Crippen LogP contribution in [0.5, 0.6) is 5.75 Å². The molecule has 0 bridgehead atoms. The van der Waals surface area contributed by atoms with Crippen molar-refractivity contribution < 1.29 is 14.6 Å². The van der Waals surface area contributed by atoms with E-state index < -0.39 is 5.97 Å². The molecular formula is C29H27ClO3. The smallest absolute Gasteiger partial charge is 0.335 e. The highest BCUT2D eigenvalue weighted by atomic mass is 35.5. The Hall–Kier alpha value is -3.30. The Morgan fingerprint density at radius 3 is 2.30 bits per heavy atom. The fourth-order valence-corrected chi connectivity index (χ4v) is 4.19. The normalized spacial score (nSPS) is 11.5. The van der Waals surface area contributed by atoms with Crippen LogP contribution in [0.25, 0.3) is 10.8 Å². The molecule has 4 rings (SSSR count). The number of hydrogen-bond donors (Lipinski definition) is 1. The van der Waals surface area contributed by atoms with Crippen LogP contribution in [0.2, 0.25) is 5.02 Å². The molecule has 0 saturated heterocycles. The fourth-order valence-electron chi connectivity index (χ4n) is 4.06. The number of carboxylic acid groups (broad SMARTS) is 1. The summed E-state index contributed by atoms with van der Waals surface area (Å²) in [7, 11) is 0. The van der Waals surface area contributed by atoms with Crippen LogP contribution in [-0.4, -0.2) is 11.1 Å². The summed E-state index contributed by atoms with van der Waals surface area (Å²) in [6.07, 6.45) is 0.548. The molecule has 1 N–H and O–H groups in total.